The van der Waals surface area contributed by atoms with Crippen LogP contribution in [0, 0.1) is 11.3 Å². The molecule has 0 unspecified atom stereocenters. The predicted octanol–water partition coefficient (Wildman–Crippen LogP) is 10.6. The highest BCUT2D eigenvalue weighted by atomic mass is 79.9. The maximum Gasteiger partial charge on any atom is 0.194 e. The molecule has 12 aliphatic rings. The summed E-state index contributed by atoms with van der Waals surface area (Å²) in [7, 11) is 0. The summed E-state index contributed by atoms with van der Waals surface area (Å²) >= 11 is 4.24. The Morgan fingerprint density at radius 1 is 0.463 bits per heavy atom. The van der Waals surface area contributed by atoms with Crippen LogP contribution in [0.1, 0.15) is 216 Å². The van der Waals surface area contributed by atoms with Crippen LogP contribution in [0.4, 0.5) is 0 Å². The summed E-state index contributed by atoms with van der Waals surface area (Å²) in [5, 5.41) is 10.7. The molecule has 14 rings (SSSR count). The zero-order valence-corrected chi connectivity index (χ0v) is 25.8. The number of benzene rings is 2. The summed E-state index contributed by atoms with van der Waals surface area (Å²) in [6, 6.07) is 2.79. The van der Waals surface area contributed by atoms with E-state index >= 15 is 4.79 Å². The smallest absolute Gasteiger partial charge is 0.194 e. The molecular formula is C38H40BrNO. The first-order valence-corrected chi connectivity index (χ1v) is 18.0. The molecule has 2 aromatic carbocycles. The molecule has 2 aromatic rings. The van der Waals surface area contributed by atoms with Crippen LogP contribution in [0.25, 0.3) is 0 Å². The third kappa shape index (κ3) is 3.02. The molecule has 0 spiro atoms. The van der Waals surface area contributed by atoms with Gasteiger partial charge in [-0.2, -0.15) is 5.26 Å². The average Bonchev–Trinajstić information content (AvgIpc) is 3.05. The first-order valence-electron chi connectivity index (χ1n) is 17.2. The minimum atomic E-state index is 0.419. The van der Waals surface area contributed by atoms with E-state index in [0.717, 1.165) is 11.1 Å². The van der Waals surface area contributed by atoms with Gasteiger partial charge in [0.15, 0.2) is 5.78 Å². The van der Waals surface area contributed by atoms with Crippen LogP contribution in [-0.4, -0.2) is 5.78 Å². The zero-order valence-electron chi connectivity index (χ0n) is 24.2. The topological polar surface area (TPSA) is 40.9 Å². The summed E-state index contributed by atoms with van der Waals surface area (Å²) in [6.07, 6.45) is 19.9. The molecule has 0 heterocycles. The summed E-state index contributed by atoms with van der Waals surface area (Å²) in [5.41, 5.74) is 15.0. The summed E-state index contributed by atoms with van der Waals surface area (Å²) < 4.78 is 1.42. The molecule has 8 bridgehead atoms. The molecule has 4 fully saturated rings. The van der Waals surface area contributed by atoms with E-state index in [1.165, 1.54) is 146 Å². The summed E-state index contributed by atoms with van der Waals surface area (Å²) in [5.74, 6) is 4.69. The fourth-order valence-corrected chi connectivity index (χ4v) is 13.5. The molecule has 0 saturated heterocycles. The molecule has 4 saturated carbocycles. The number of halogens is 1. The van der Waals surface area contributed by atoms with Crippen molar-refractivity contribution in [1.82, 2.24) is 0 Å². The van der Waals surface area contributed by atoms with Crippen molar-refractivity contribution in [2.45, 2.75) is 150 Å². The van der Waals surface area contributed by atoms with Gasteiger partial charge >= 0.3 is 0 Å². The Labute approximate surface area is 252 Å². The van der Waals surface area contributed by atoms with Gasteiger partial charge in [-0.15, -0.1) is 0 Å². The number of fused-ring (bicyclic) bond motifs is 8. The number of carbonyl (C=O) groups is 1. The fourth-order valence-electron chi connectivity index (χ4n) is 12.4. The first kappa shape index (κ1) is 24.5. The number of hydrogen-bond acceptors (Lipinski definition) is 2. The Morgan fingerprint density at radius 2 is 0.707 bits per heavy atom. The molecule has 0 amide bonds. The van der Waals surface area contributed by atoms with Gasteiger partial charge < -0.3 is 0 Å². The average molecular weight is 607 g/mol. The highest BCUT2D eigenvalue weighted by Crippen LogP contribution is 2.63. The van der Waals surface area contributed by atoms with Gasteiger partial charge in [0.2, 0.25) is 0 Å². The van der Waals surface area contributed by atoms with Gasteiger partial charge in [-0.1, -0.05) is 15.9 Å². The third-order valence-electron chi connectivity index (χ3n) is 14.0. The van der Waals surface area contributed by atoms with Gasteiger partial charge in [-0.3, -0.25) is 4.79 Å². The van der Waals surface area contributed by atoms with Gasteiger partial charge in [-0.05, 0) is 195 Å². The highest BCUT2D eigenvalue weighted by molar-refractivity contribution is 9.10. The molecule has 41 heavy (non-hydrogen) atoms. The zero-order chi connectivity index (χ0) is 27.1. The molecule has 12 aliphatic carbocycles. The second kappa shape index (κ2) is 8.59. The molecule has 0 atom stereocenters. The van der Waals surface area contributed by atoms with Gasteiger partial charge in [0.25, 0.3) is 0 Å². The Morgan fingerprint density at radius 3 is 1.00 bits per heavy atom. The monoisotopic (exact) mass is 605 g/mol. The molecular weight excluding hydrogens is 566 g/mol. The third-order valence-corrected chi connectivity index (χ3v) is 14.8. The number of ketones is 1. The van der Waals surface area contributed by atoms with E-state index in [4.69, 9.17) is 0 Å². The lowest BCUT2D eigenvalue weighted by Gasteiger charge is -2.48. The molecule has 0 N–H and O–H groups in total. The van der Waals surface area contributed by atoms with Crippen molar-refractivity contribution in [3.8, 4) is 6.07 Å². The van der Waals surface area contributed by atoms with Crippen molar-refractivity contribution in [1.29, 1.82) is 5.26 Å². The second-order valence-electron chi connectivity index (χ2n) is 15.4. The minimum absolute atomic E-state index is 0.419. The number of hydrogen-bond donors (Lipinski definition) is 0. The molecule has 210 valence electrons. The van der Waals surface area contributed by atoms with Gasteiger partial charge in [0.05, 0.1) is 11.6 Å². The van der Waals surface area contributed by atoms with E-state index in [9.17, 15) is 5.26 Å². The first-order chi connectivity index (χ1) is 20.1. The Hall–Kier alpha value is -1.92. The van der Waals surface area contributed by atoms with Crippen molar-refractivity contribution in [3.63, 3.8) is 0 Å². The number of carbonyl (C=O) groups excluding carboxylic acids is 1. The van der Waals surface area contributed by atoms with Crippen LogP contribution in [0.5, 0.6) is 0 Å². The SMILES string of the molecule is N#Cc1c2c(c(C(=O)c3c4c(c(Br)c5c3C3CCC5CC3)C3CCC4CC3)c3c1C1CCC3CC1)C1CCC2CC1. The van der Waals surface area contributed by atoms with Gasteiger partial charge in [-0.25, -0.2) is 0 Å². The van der Waals surface area contributed by atoms with E-state index in [1.54, 1.807) is 11.1 Å². The number of nitrogens with zero attached hydrogens (tertiary/aromatic N) is 1. The van der Waals surface area contributed by atoms with E-state index < -0.39 is 0 Å². The highest BCUT2D eigenvalue weighted by Gasteiger charge is 2.49. The van der Waals surface area contributed by atoms with E-state index in [0.29, 0.717) is 53.1 Å². The lowest BCUT2D eigenvalue weighted by Crippen LogP contribution is -2.35. The maximum absolute atomic E-state index is 15.9. The van der Waals surface area contributed by atoms with Crippen LogP contribution >= 0.6 is 15.9 Å². The van der Waals surface area contributed by atoms with Crippen LogP contribution in [0.3, 0.4) is 0 Å². The predicted molar refractivity (Wildman–Crippen MR) is 165 cm³/mol. The molecule has 0 aromatic heterocycles. The number of rotatable bonds is 2. The maximum atomic E-state index is 15.9. The Balaban J connectivity index is 1.32. The molecule has 3 heteroatoms. The standard InChI is InChI=1S/C38H40BrNO/c39-37-33-24-13-9-22(10-14-24)31(33)36(32-23-11-15-25(16-12-23)34(32)37)38(41)35-29-20-5-1-18(2-6-20)27(29)26(17-40)28-19-3-7-21(8-4-19)30(28)35/h18-25H,1-16H2. The van der Waals surface area contributed by atoms with Gasteiger partial charge in [0.1, 0.15) is 0 Å². The van der Waals surface area contributed by atoms with Crippen molar-refractivity contribution >= 4 is 21.7 Å². The summed E-state index contributed by atoms with van der Waals surface area (Å²) in [6.45, 7) is 0. The van der Waals surface area contributed by atoms with E-state index in [1.807, 2.05) is 0 Å². The lowest BCUT2D eigenvalue weighted by molar-refractivity contribution is 0.102. The Kier molecular flexibility index (Phi) is 5.13. The van der Waals surface area contributed by atoms with Crippen LogP contribution in [0.15, 0.2) is 4.47 Å². The van der Waals surface area contributed by atoms with Crippen LogP contribution in [-0.2, 0) is 0 Å². The fraction of sp³-hybridized carbons (Fsp3) is 0.632. The van der Waals surface area contributed by atoms with Crippen molar-refractivity contribution < 1.29 is 4.79 Å². The van der Waals surface area contributed by atoms with Gasteiger partial charge in [0, 0.05) is 15.6 Å². The molecule has 0 radical (unpaired) electrons. The molecule has 0 aliphatic heterocycles. The lowest BCUT2D eigenvalue weighted by atomic mass is 9.55. The molecule has 2 nitrogen and oxygen atoms in total. The minimum Gasteiger partial charge on any atom is -0.289 e. The largest absolute Gasteiger partial charge is 0.289 e. The van der Waals surface area contributed by atoms with E-state index in [2.05, 4.69) is 22.0 Å². The summed E-state index contributed by atoms with van der Waals surface area (Å²) in [4.78, 5) is 15.9. The van der Waals surface area contributed by atoms with Crippen LogP contribution in [0.2, 0.25) is 0 Å². The second-order valence-corrected chi connectivity index (χ2v) is 16.2. The quantitative estimate of drug-likeness (QED) is 0.319. The number of nitriles is 1. The van der Waals surface area contributed by atoms with Crippen molar-refractivity contribution in [2.75, 3.05) is 0 Å². The Bertz CT molecular complexity index is 1480. The van der Waals surface area contributed by atoms with Crippen molar-refractivity contribution in [3.05, 3.63) is 65.7 Å². The van der Waals surface area contributed by atoms with E-state index in [-0.39, 0.29) is 0 Å². The van der Waals surface area contributed by atoms with Crippen LogP contribution < -0.4 is 0 Å². The normalized spacial score (nSPS) is 36.4. The van der Waals surface area contributed by atoms with Crippen molar-refractivity contribution in [2.24, 2.45) is 0 Å².